The molecule has 0 fully saturated rings. The van der Waals surface area contributed by atoms with Gasteiger partial charge >= 0.3 is 0 Å². The molecule has 0 saturated heterocycles. The zero-order valence-electron chi connectivity index (χ0n) is 3.28. The van der Waals surface area contributed by atoms with Crippen LogP contribution in [0.3, 0.4) is 0 Å². The summed E-state index contributed by atoms with van der Waals surface area (Å²) >= 11 is 6.77. The predicted octanol–water partition coefficient (Wildman–Crippen LogP) is 3.34. The summed E-state index contributed by atoms with van der Waals surface area (Å²) < 4.78 is 2.51. The number of hydrogen-bond acceptors (Lipinski definition) is 2. The second kappa shape index (κ2) is 2.80. The second-order valence-corrected chi connectivity index (χ2v) is 5.61. The third-order valence-electron chi connectivity index (χ3n) is 0.531. The lowest BCUT2D eigenvalue weighted by molar-refractivity contribution is 1.79. The fourth-order valence-electron chi connectivity index (χ4n) is 0.235. The molecule has 0 bridgehead atoms. The summed E-state index contributed by atoms with van der Waals surface area (Å²) in [5, 5.41) is 0. The Hall–Kier alpha value is 1.40. The van der Waals surface area contributed by atoms with Crippen LogP contribution in [0.2, 0.25) is 0 Å². The van der Waals surface area contributed by atoms with E-state index in [1.807, 2.05) is 10.8 Å². The molecule has 0 spiro atoms. The van der Waals surface area contributed by atoms with E-state index in [4.69, 9.17) is 0 Å². The fourth-order valence-corrected chi connectivity index (χ4v) is 4.57. The molecular formula is C3H2Br2S2. The van der Waals surface area contributed by atoms with Crippen molar-refractivity contribution in [3.8, 4) is 0 Å². The van der Waals surface area contributed by atoms with Crippen molar-refractivity contribution in [2.45, 2.75) is 0 Å². The van der Waals surface area contributed by atoms with Crippen molar-refractivity contribution in [1.82, 2.24) is 0 Å². The van der Waals surface area contributed by atoms with Gasteiger partial charge in [0.05, 0.1) is 3.81 Å². The Labute approximate surface area is 67.2 Å². The van der Waals surface area contributed by atoms with Gasteiger partial charge in [0.2, 0.25) is 0 Å². The van der Waals surface area contributed by atoms with Gasteiger partial charge in [-0.05, 0) is 26.7 Å². The quantitative estimate of drug-likeness (QED) is 0.614. The molecule has 7 heavy (non-hydrogen) atoms. The molecule has 4 heteroatoms. The van der Waals surface area contributed by atoms with Crippen LogP contribution in [-0.4, -0.2) is 5.75 Å². The van der Waals surface area contributed by atoms with Crippen LogP contribution in [0.4, 0.5) is 0 Å². The summed E-state index contributed by atoms with van der Waals surface area (Å²) in [6.07, 6.45) is 0. The molecule has 0 atom stereocenters. The van der Waals surface area contributed by atoms with Gasteiger partial charge in [0, 0.05) is 10.2 Å². The van der Waals surface area contributed by atoms with Gasteiger partial charge in [-0.15, -0.1) is 0 Å². The Kier molecular flexibility index (Phi) is 2.61. The maximum absolute atomic E-state index is 3.39. The predicted molar refractivity (Wildman–Crippen MR) is 44.9 cm³/mol. The van der Waals surface area contributed by atoms with E-state index < -0.39 is 0 Å². The molecule has 0 amide bonds. The van der Waals surface area contributed by atoms with Crippen molar-refractivity contribution >= 4 is 53.4 Å². The Bertz CT molecular complexity index is 97.5. The first kappa shape index (κ1) is 6.52. The Morgan fingerprint density at radius 3 is 2.29 bits per heavy atom. The zero-order valence-corrected chi connectivity index (χ0v) is 8.08. The highest BCUT2D eigenvalue weighted by Crippen LogP contribution is 2.46. The maximum Gasteiger partial charge on any atom is 0.0721 e. The first-order valence-electron chi connectivity index (χ1n) is 1.64. The SMILES string of the molecule is BrC1=C(Br)SSC1. The Balaban J connectivity index is 2.64. The summed E-state index contributed by atoms with van der Waals surface area (Å²) in [7, 11) is 3.61. The lowest BCUT2D eigenvalue weighted by Gasteiger charge is -1.79. The van der Waals surface area contributed by atoms with Gasteiger partial charge in [-0.2, -0.15) is 0 Å². The molecule has 1 heterocycles. The zero-order chi connectivity index (χ0) is 5.28. The molecule has 40 valence electrons. The van der Waals surface area contributed by atoms with E-state index in [9.17, 15) is 0 Å². The third kappa shape index (κ3) is 1.66. The van der Waals surface area contributed by atoms with Crippen LogP contribution >= 0.6 is 53.4 Å². The fraction of sp³-hybridized carbons (Fsp3) is 0.333. The van der Waals surface area contributed by atoms with Gasteiger partial charge < -0.3 is 0 Å². The highest BCUT2D eigenvalue weighted by atomic mass is 79.9. The van der Waals surface area contributed by atoms with Gasteiger partial charge in [-0.3, -0.25) is 0 Å². The van der Waals surface area contributed by atoms with Crippen molar-refractivity contribution in [3.63, 3.8) is 0 Å². The average molecular weight is 262 g/mol. The minimum Gasteiger partial charge on any atom is -0.0829 e. The molecule has 1 aliphatic heterocycles. The number of rotatable bonds is 0. The summed E-state index contributed by atoms with van der Waals surface area (Å²) in [5.41, 5.74) is 0. The minimum atomic E-state index is 1.10. The summed E-state index contributed by atoms with van der Waals surface area (Å²) in [4.78, 5) is 0. The van der Waals surface area contributed by atoms with Crippen LogP contribution in [0, 0.1) is 0 Å². The lowest BCUT2D eigenvalue weighted by Crippen LogP contribution is -1.63. The smallest absolute Gasteiger partial charge is 0.0721 e. The molecular weight excluding hydrogens is 260 g/mol. The summed E-state index contributed by atoms with van der Waals surface area (Å²) in [6.45, 7) is 0. The monoisotopic (exact) mass is 260 g/mol. The molecule has 0 saturated carbocycles. The molecule has 1 rings (SSSR count). The Morgan fingerprint density at radius 1 is 1.43 bits per heavy atom. The van der Waals surface area contributed by atoms with Gasteiger partial charge in [-0.1, -0.05) is 26.7 Å². The van der Waals surface area contributed by atoms with Gasteiger partial charge in [-0.25, -0.2) is 0 Å². The molecule has 0 N–H and O–H groups in total. The van der Waals surface area contributed by atoms with Crippen molar-refractivity contribution < 1.29 is 0 Å². The van der Waals surface area contributed by atoms with E-state index in [0.29, 0.717) is 0 Å². The van der Waals surface area contributed by atoms with Crippen LogP contribution in [0.25, 0.3) is 0 Å². The largest absolute Gasteiger partial charge is 0.0829 e. The summed E-state index contributed by atoms with van der Waals surface area (Å²) in [6, 6.07) is 0. The van der Waals surface area contributed by atoms with Crippen molar-refractivity contribution in [2.75, 3.05) is 5.75 Å². The summed E-state index contributed by atoms with van der Waals surface area (Å²) in [5.74, 6) is 1.10. The maximum atomic E-state index is 3.39. The van der Waals surface area contributed by atoms with E-state index in [1.54, 1.807) is 10.8 Å². The normalized spacial score (nSPS) is 21.4. The molecule has 0 nitrogen and oxygen atoms in total. The van der Waals surface area contributed by atoms with Gasteiger partial charge in [0.25, 0.3) is 0 Å². The number of halogens is 2. The minimum absolute atomic E-state index is 1.10. The molecule has 0 aliphatic carbocycles. The molecule has 0 aromatic carbocycles. The second-order valence-electron chi connectivity index (χ2n) is 1.02. The van der Waals surface area contributed by atoms with Crippen LogP contribution in [-0.2, 0) is 0 Å². The third-order valence-corrected chi connectivity index (χ3v) is 6.10. The topological polar surface area (TPSA) is 0 Å². The van der Waals surface area contributed by atoms with Gasteiger partial charge in [0.15, 0.2) is 0 Å². The van der Waals surface area contributed by atoms with Crippen LogP contribution in [0.15, 0.2) is 8.30 Å². The Morgan fingerprint density at radius 2 is 2.14 bits per heavy atom. The van der Waals surface area contributed by atoms with Gasteiger partial charge in [0.1, 0.15) is 0 Å². The molecule has 0 aromatic rings. The molecule has 0 aromatic heterocycles. The standard InChI is InChI=1S/C3H2Br2S2/c4-2-1-6-7-3(2)5/h1H2. The highest BCUT2D eigenvalue weighted by molar-refractivity contribution is 9.18. The van der Waals surface area contributed by atoms with Crippen molar-refractivity contribution in [2.24, 2.45) is 0 Å². The van der Waals surface area contributed by atoms with E-state index >= 15 is 0 Å². The lowest BCUT2D eigenvalue weighted by atomic mass is 10.8. The highest BCUT2D eigenvalue weighted by Gasteiger charge is 2.09. The van der Waals surface area contributed by atoms with E-state index in [2.05, 4.69) is 31.9 Å². The molecule has 0 radical (unpaired) electrons. The first-order valence-corrected chi connectivity index (χ1v) is 5.55. The van der Waals surface area contributed by atoms with E-state index in [0.717, 1.165) is 5.75 Å². The van der Waals surface area contributed by atoms with Crippen LogP contribution < -0.4 is 0 Å². The van der Waals surface area contributed by atoms with Crippen LogP contribution in [0.1, 0.15) is 0 Å². The molecule has 1 aliphatic rings. The average Bonchev–Trinajstić information content (AvgIpc) is 1.91. The van der Waals surface area contributed by atoms with E-state index in [-0.39, 0.29) is 0 Å². The molecule has 0 unspecified atom stereocenters. The van der Waals surface area contributed by atoms with Crippen molar-refractivity contribution in [3.05, 3.63) is 8.30 Å². The van der Waals surface area contributed by atoms with Crippen molar-refractivity contribution in [1.29, 1.82) is 0 Å². The number of hydrogen-bond donors (Lipinski definition) is 0. The van der Waals surface area contributed by atoms with E-state index in [1.165, 1.54) is 8.30 Å². The van der Waals surface area contributed by atoms with Crippen LogP contribution in [0.5, 0.6) is 0 Å². The first-order chi connectivity index (χ1) is 3.30.